The van der Waals surface area contributed by atoms with Crippen LogP contribution in [-0.2, 0) is 19.1 Å². The first-order chi connectivity index (χ1) is 16.9. The van der Waals surface area contributed by atoms with Crippen LogP contribution in [0.25, 0.3) is 11.1 Å². The highest BCUT2D eigenvalue weighted by molar-refractivity contribution is 5.82. The summed E-state index contributed by atoms with van der Waals surface area (Å²) in [4.78, 5) is 38.3. The summed E-state index contributed by atoms with van der Waals surface area (Å²) in [5.74, 6) is -1.21. The summed E-state index contributed by atoms with van der Waals surface area (Å²) < 4.78 is 10.8. The van der Waals surface area contributed by atoms with Gasteiger partial charge >= 0.3 is 12.1 Å². The number of alkyl carbamates (subject to hydrolysis) is 1. The Hall–Kier alpha value is -3.39. The molecule has 186 valence electrons. The molecule has 1 saturated heterocycles. The number of rotatable bonds is 9. The molecule has 0 aromatic heterocycles. The molecule has 1 aliphatic carbocycles. The molecule has 0 radical (unpaired) electrons. The number of nitrogens with one attached hydrogen (secondary N) is 1. The summed E-state index contributed by atoms with van der Waals surface area (Å²) in [7, 11) is 1.35. The smallest absolute Gasteiger partial charge is 0.407 e. The van der Waals surface area contributed by atoms with Crippen molar-refractivity contribution in [3.8, 4) is 11.1 Å². The zero-order valence-electron chi connectivity index (χ0n) is 20.2. The standard InChI is InChI=1S/C27H32N2O6/c1-3-18(12-13-24(30)29-15-14-27(17-29,34-2)25(31)32)28-26(33)35-16-23-21-10-6-4-8-19(21)20-9-5-7-11-22(20)23/h4-11,18,23H,3,12-17H2,1-2H3,(H,28,33)(H,31,32). The monoisotopic (exact) mass is 480 g/mol. The fourth-order valence-corrected chi connectivity index (χ4v) is 5.06. The lowest BCUT2D eigenvalue weighted by Crippen LogP contribution is -2.44. The molecule has 35 heavy (non-hydrogen) atoms. The number of amides is 2. The van der Waals surface area contributed by atoms with Crippen molar-refractivity contribution in [3.63, 3.8) is 0 Å². The van der Waals surface area contributed by atoms with Gasteiger partial charge in [0.05, 0.1) is 6.54 Å². The maximum absolute atomic E-state index is 12.6. The molecule has 2 unspecified atom stereocenters. The van der Waals surface area contributed by atoms with E-state index in [1.165, 1.54) is 23.1 Å². The van der Waals surface area contributed by atoms with Gasteiger partial charge in [0.15, 0.2) is 5.60 Å². The molecular weight excluding hydrogens is 448 g/mol. The molecule has 1 fully saturated rings. The van der Waals surface area contributed by atoms with E-state index in [0.29, 0.717) is 19.4 Å². The van der Waals surface area contributed by atoms with Gasteiger partial charge in [-0.2, -0.15) is 0 Å². The summed E-state index contributed by atoms with van der Waals surface area (Å²) in [5.41, 5.74) is 3.31. The molecule has 2 aromatic rings. The fraction of sp³-hybridized carbons (Fsp3) is 0.444. The van der Waals surface area contributed by atoms with E-state index in [0.717, 1.165) is 11.1 Å². The normalized spacial score (nSPS) is 19.7. The van der Waals surface area contributed by atoms with Crippen molar-refractivity contribution in [3.05, 3.63) is 59.7 Å². The Bertz CT molecular complexity index is 1060. The van der Waals surface area contributed by atoms with Crippen LogP contribution in [0.1, 0.15) is 49.7 Å². The van der Waals surface area contributed by atoms with E-state index in [1.807, 2.05) is 31.2 Å². The van der Waals surface area contributed by atoms with E-state index in [1.54, 1.807) is 0 Å². The minimum Gasteiger partial charge on any atom is -0.479 e. The van der Waals surface area contributed by atoms with E-state index >= 15 is 0 Å². The first kappa shape index (κ1) is 24.7. The highest BCUT2D eigenvalue weighted by Gasteiger charge is 2.46. The fourth-order valence-electron chi connectivity index (χ4n) is 5.06. The lowest BCUT2D eigenvalue weighted by Gasteiger charge is -2.24. The Labute approximate surface area is 205 Å². The van der Waals surface area contributed by atoms with Gasteiger partial charge in [0.2, 0.25) is 5.91 Å². The molecule has 8 nitrogen and oxygen atoms in total. The van der Waals surface area contributed by atoms with Crippen LogP contribution in [-0.4, -0.2) is 66.4 Å². The van der Waals surface area contributed by atoms with E-state index in [2.05, 4.69) is 29.6 Å². The minimum atomic E-state index is -1.33. The largest absolute Gasteiger partial charge is 0.479 e. The van der Waals surface area contributed by atoms with E-state index < -0.39 is 17.7 Å². The number of carbonyl (C=O) groups excluding carboxylic acids is 2. The number of hydrogen-bond acceptors (Lipinski definition) is 5. The van der Waals surface area contributed by atoms with Gasteiger partial charge in [-0.15, -0.1) is 0 Å². The van der Waals surface area contributed by atoms with Gasteiger partial charge in [0.1, 0.15) is 6.61 Å². The predicted molar refractivity (Wildman–Crippen MR) is 130 cm³/mol. The summed E-state index contributed by atoms with van der Waals surface area (Å²) in [6, 6.07) is 16.1. The number of hydrogen-bond donors (Lipinski definition) is 2. The molecule has 2 amide bonds. The quantitative estimate of drug-likeness (QED) is 0.566. The number of likely N-dealkylation sites (tertiary alicyclic amines) is 1. The van der Waals surface area contributed by atoms with Gasteiger partial charge in [0, 0.05) is 38.5 Å². The third-order valence-corrected chi connectivity index (χ3v) is 7.23. The highest BCUT2D eigenvalue weighted by atomic mass is 16.5. The lowest BCUT2D eigenvalue weighted by molar-refractivity contribution is -0.161. The predicted octanol–water partition coefficient (Wildman–Crippen LogP) is 3.79. The van der Waals surface area contributed by atoms with Crippen molar-refractivity contribution >= 4 is 18.0 Å². The maximum Gasteiger partial charge on any atom is 0.407 e. The third-order valence-electron chi connectivity index (χ3n) is 7.23. The number of aliphatic carboxylic acids is 1. The molecule has 0 spiro atoms. The zero-order valence-corrected chi connectivity index (χ0v) is 20.2. The Morgan fingerprint density at radius 1 is 1.11 bits per heavy atom. The molecule has 2 N–H and O–H groups in total. The van der Waals surface area contributed by atoms with E-state index in [4.69, 9.17) is 9.47 Å². The summed E-state index contributed by atoms with van der Waals surface area (Å²) in [5, 5.41) is 12.3. The van der Waals surface area contributed by atoms with Crippen molar-refractivity contribution < 1.29 is 29.0 Å². The van der Waals surface area contributed by atoms with E-state index in [9.17, 15) is 19.5 Å². The number of methoxy groups -OCH3 is 1. The Morgan fingerprint density at radius 2 is 1.74 bits per heavy atom. The van der Waals surface area contributed by atoms with Gasteiger partial charge < -0.3 is 24.8 Å². The first-order valence-corrected chi connectivity index (χ1v) is 12.1. The van der Waals surface area contributed by atoms with Crippen molar-refractivity contribution in [1.82, 2.24) is 10.2 Å². The number of fused-ring (bicyclic) bond motifs is 3. The van der Waals surface area contributed by atoms with Crippen LogP contribution in [0, 0.1) is 0 Å². The zero-order chi connectivity index (χ0) is 25.0. The minimum absolute atomic E-state index is 0.0137. The van der Waals surface area contributed by atoms with Crippen molar-refractivity contribution in [2.45, 2.75) is 50.2 Å². The van der Waals surface area contributed by atoms with Gasteiger partial charge in [-0.3, -0.25) is 4.79 Å². The number of ether oxygens (including phenoxy) is 2. The lowest BCUT2D eigenvalue weighted by atomic mass is 9.98. The molecule has 8 heteroatoms. The summed E-state index contributed by atoms with van der Waals surface area (Å²) in [6.07, 6.45) is 1.07. The molecule has 2 aromatic carbocycles. The van der Waals surface area contributed by atoms with Crippen LogP contribution in [0.3, 0.4) is 0 Å². The second-order valence-electron chi connectivity index (χ2n) is 9.18. The first-order valence-electron chi connectivity index (χ1n) is 12.1. The molecule has 1 heterocycles. The van der Waals surface area contributed by atoms with Gasteiger partial charge in [-0.25, -0.2) is 9.59 Å². The third kappa shape index (κ3) is 5.03. The topological polar surface area (TPSA) is 105 Å². The second kappa shape index (κ2) is 10.5. The van der Waals surface area contributed by atoms with Crippen LogP contribution < -0.4 is 5.32 Å². The Kier molecular flexibility index (Phi) is 7.40. The maximum atomic E-state index is 12.6. The van der Waals surface area contributed by atoms with Gasteiger partial charge in [0.25, 0.3) is 0 Å². The summed E-state index contributed by atoms with van der Waals surface area (Å²) >= 11 is 0. The summed E-state index contributed by atoms with van der Waals surface area (Å²) in [6.45, 7) is 2.55. The number of benzene rings is 2. The Morgan fingerprint density at radius 3 is 2.29 bits per heavy atom. The average molecular weight is 481 g/mol. The van der Waals surface area contributed by atoms with Crippen LogP contribution in [0.5, 0.6) is 0 Å². The van der Waals surface area contributed by atoms with Crippen LogP contribution in [0.4, 0.5) is 4.79 Å². The van der Waals surface area contributed by atoms with Crippen molar-refractivity contribution in [1.29, 1.82) is 0 Å². The van der Waals surface area contributed by atoms with Crippen LogP contribution in [0.15, 0.2) is 48.5 Å². The van der Waals surface area contributed by atoms with Crippen LogP contribution in [0.2, 0.25) is 0 Å². The van der Waals surface area contributed by atoms with Crippen molar-refractivity contribution in [2.24, 2.45) is 0 Å². The van der Waals surface area contributed by atoms with Crippen LogP contribution >= 0.6 is 0 Å². The SMILES string of the molecule is CCC(CCC(=O)N1CCC(OC)(C(=O)O)C1)NC(=O)OCC1c2ccccc2-c2ccccc21. The van der Waals surface area contributed by atoms with Crippen molar-refractivity contribution in [2.75, 3.05) is 26.8 Å². The number of nitrogens with zero attached hydrogens (tertiary/aromatic N) is 1. The Balaban J connectivity index is 1.28. The molecule has 0 saturated carbocycles. The van der Waals surface area contributed by atoms with E-state index in [-0.39, 0.29) is 43.9 Å². The highest BCUT2D eigenvalue weighted by Crippen LogP contribution is 2.44. The molecule has 2 aliphatic rings. The number of carbonyl (C=O) groups is 3. The molecule has 4 rings (SSSR count). The average Bonchev–Trinajstić information content (AvgIpc) is 3.46. The second-order valence-corrected chi connectivity index (χ2v) is 9.18. The van der Waals surface area contributed by atoms with Gasteiger partial charge in [-0.05, 0) is 35.1 Å². The molecular formula is C27H32N2O6. The number of carboxylic acid groups (broad SMARTS) is 1. The van der Waals surface area contributed by atoms with Gasteiger partial charge in [-0.1, -0.05) is 55.5 Å². The number of carboxylic acids is 1. The molecule has 2 atom stereocenters. The molecule has 0 bridgehead atoms. The molecule has 1 aliphatic heterocycles.